The van der Waals surface area contributed by atoms with Crippen LogP contribution in [-0.2, 0) is 14.9 Å². The third kappa shape index (κ3) is 1.54. The molecule has 2 atom stereocenters. The molecule has 1 N–H and O–H groups in total. The van der Waals surface area contributed by atoms with Gasteiger partial charge in [0, 0.05) is 12.1 Å². The van der Waals surface area contributed by atoms with Crippen molar-refractivity contribution >= 4 is 5.97 Å². The van der Waals surface area contributed by atoms with Crippen LogP contribution in [0.1, 0.15) is 19.4 Å². The Bertz CT molecular complexity index is 482. The zero-order chi connectivity index (χ0) is 13.5. The van der Waals surface area contributed by atoms with E-state index in [-0.39, 0.29) is 12.1 Å². The number of carbonyl (C=O) groups is 1. The van der Waals surface area contributed by atoms with Gasteiger partial charge < -0.3 is 10.1 Å². The van der Waals surface area contributed by atoms with Gasteiger partial charge in [-0.25, -0.2) is 8.78 Å². The molecule has 1 aromatic carbocycles. The number of methoxy groups -OCH3 is 1. The molecule has 0 saturated carbocycles. The highest BCUT2D eigenvalue weighted by atomic mass is 19.2. The minimum Gasteiger partial charge on any atom is -0.468 e. The molecule has 18 heavy (non-hydrogen) atoms. The predicted octanol–water partition coefficient (Wildman–Crippen LogP) is 1.76. The Labute approximate surface area is 104 Å². The molecular formula is C13H15F2NO2. The Morgan fingerprint density at radius 2 is 1.89 bits per heavy atom. The van der Waals surface area contributed by atoms with Crippen molar-refractivity contribution in [3.63, 3.8) is 0 Å². The summed E-state index contributed by atoms with van der Waals surface area (Å²) in [6, 6.07) is 3.16. The number of rotatable bonds is 2. The Balaban J connectivity index is 2.54. The highest BCUT2D eigenvalue weighted by Crippen LogP contribution is 2.40. The van der Waals surface area contributed by atoms with Gasteiger partial charge in [-0.3, -0.25) is 4.79 Å². The summed E-state index contributed by atoms with van der Waals surface area (Å²) < 4.78 is 31.2. The van der Waals surface area contributed by atoms with Crippen molar-refractivity contribution in [3.05, 3.63) is 35.4 Å². The number of nitrogens with one attached hydrogen (secondary N) is 1. The molecule has 0 aliphatic carbocycles. The van der Waals surface area contributed by atoms with E-state index in [1.165, 1.54) is 13.2 Å². The number of hydrogen-bond acceptors (Lipinski definition) is 3. The number of esters is 1. The smallest absolute Gasteiger partial charge is 0.319 e. The van der Waals surface area contributed by atoms with Crippen LogP contribution in [0.15, 0.2) is 18.2 Å². The van der Waals surface area contributed by atoms with E-state index in [0.29, 0.717) is 5.56 Å². The molecule has 1 heterocycles. The van der Waals surface area contributed by atoms with Crippen molar-refractivity contribution in [2.45, 2.75) is 31.3 Å². The SMILES string of the molecule is COC(=O)C1(c2ccc(F)c(F)c2)C(C)NC1C. The van der Waals surface area contributed by atoms with Crippen molar-refractivity contribution in [1.29, 1.82) is 0 Å². The lowest BCUT2D eigenvalue weighted by molar-refractivity contribution is -0.155. The van der Waals surface area contributed by atoms with Crippen LogP contribution in [0, 0.1) is 11.6 Å². The average molecular weight is 255 g/mol. The van der Waals surface area contributed by atoms with E-state index in [9.17, 15) is 13.6 Å². The van der Waals surface area contributed by atoms with Gasteiger partial charge in [-0.2, -0.15) is 0 Å². The first-order valence-electron chi connectivity index (χ1n) is 5.74. The zero-order valence-electron chi connectivity index (χ0n) is 10.5. The van der Waals surface area contributed by atoms with Crippen LogP contribution in [0.3, 0.4) is 0 Å². The van der Waals surface area contributed by atoms with Gasteiger partial charge in [-0.05, 0) is 31.5 Å². The van der Waals surface area contributed by atoms with Crippen molar-refractivity contribution in [2.24, 2.45) is 0 Å². The van der Waals surface area contributed by atoms with Crippen LogP contribution in [0.4, 0.5) is 8.78 Å². The molecule has 2 rings (SSSR count). The quantitative estimate of drug-likeness (QED) is 0.818. The predicted molar refractivity (Wildman–Crippen MR) is 62.1 cm³/mol. The Morgan fingerprint density at radius 3 is 2.33 bits per heavy atom. The van der Waals surface area contributed by atoms with Crippen LogP contribution >= 0.6 is 0 Å². The first kappa shape index (κ1) is 13.0. The summed E-state index contributed by atoms with van der Waals surface area (Å²) in [6.07, 6.45) is 0. The molecule has 1 aliphatic rings. The third-order valence-corrected chi connectivity index (χ3v) is 3.79. The van der Waals surface area contributed by atoms with Crippen LogP contribution < -0.4 is 5.32 Å². The lowest BCUT2D eigenvalue weighted by atomic mass is 9.63. The summed E-state index contributed by atoms with van der Waals surface area (Å²) in [6.45, 7) is 3.64. The fourth-order valence-corrected chi connectivity index (χ4v) is 2.81. The summed E-state index contributed by atoms with van der Waals surface area (Å²) in [5.74, 6) is -2.32. The van der Waals surface area contributed by atoms with E-state index in [1.807, 2.05) is 13.8 Å². The number of ether oxygens (including phenoxy) is 1. The standard InChI is InChI=1S/C13H15F2NO2/c1-7-13(8(2)16-7,12(17)18-3)9-4-5-10(14)11(15)6-9/h4-8,16H,1-3H3. The molecule has 2 unspecified atom stereocenters. The van der Waals surface area contributed by atoms with Crippen molar-refractivity contribution in [1.82, 2.24) is 5.32 Å². The molecule has 1 saturated heterocycles. The highest BCUT2D eigenvalue weighted by Gasteiger charge is 2.58. The molecule has 0 aromatic heterocycles. The number of benzene rings is 1. The Morgan fingerprint density at radius 1 is 1.28 bits per heavy atom. The summed E-state index contributed by atoms with van der Waals surface area (Å²) in [5.41, 5.74) is -0.518. The molecule has 5 heteroatoms. The Kier molecular flexibility index (Phi) is 3.11. The number of carbonyl (C=O) groups excluding carboxylic acids is 1. The van der Waals surface area contributed by atoms with E-state index in [2.05, 4.69) is 5.32 Å². The second kappa shape index (κ2) is 4.31. The first-order valence-corrected chi connectivity index (χ1v) is 5.74. The molecule has 1 fully saturated rings. The fraction of sp³-hybridized carbons (Fsp3) is 0.462. The topological polar surface area (TPSA) is 38.3 Å². The molecule has 98 valence electrons. The molecule has 3 nitrogen and oxygen atoms in total. The van der Waals surface area contributed by atoms with Crippen LogP contribution in [0.25, 0.3) is 0 Å². The minimum atomic E-state index is -0.956. The van der Waals surface area contributed by atoms with E-state index in [1.54, 1.807) is 0 Å². The maximum absolute atomic E-state index is 13.3. The van der Waals surface area contributed by atoms with Crippen molar-refractivity contribution in [2.75, 3.05) is 7.11 Å². The van der Waals surface area contributed by atoms with E-state index >= 15 is 0 Å². The second-order valence-electron chi connectivity index (χ2n) is 4.60. The van der Waals surface area contributed by atoms with Crippen LogP contribution in [0.2, 0.25) is 0 Å². The Hall–Kier alpha value is -1.49. The molecule has 0 spiro atoms. The van der Waals surface area contributed by atoms with Gasteiger partial charge in [0.2, 0.25) is 0 Å². The highest BCUT2D eigenvalue weighted by molar-refractivity contribution is 5.87. The van der Waals surface area contributed by atoms with Gasteiger partial charge >= 0.3 is 5.97 Å². The van der Waals surface area contributed by atoms with Crippen LogP contribution in [-0.4, -0.2) is 25.2 Å². The van der Waals surface area contributed by atoms with Crippen molar-refractivity contribution in [3.8, 4) is 0 Å². The zero-order valence-corrected chi connectivity index (χ0v) is 10.5. The lowest BCUT2D eigenvalue weighted by Gasteiger charge is -2.52. The molecule has 1 aliphatic heterocycles. The summed E-state index contributed by atoms with van der Waals surface area (Å²) in [4.78, 5) is 12.1. The first-order chi connectivity index (χ1) is 8.44. The fourth-order valence-electron chi connectivity index (χ4n) is 2.81. The molecule has 0 amide bonds. The van der Waals surface area contributed by atoms with Crippen LogP contribution in [0.5, 0.6) is 0 Å². The molecular weight excluding hydrogens is 240 g/mol. The average Bonchev–Trinajstić information content (AvgIpc) is 2.33. The van der Waals surface area contributed by atoms with E-state index in [0.717, 1.165) is 12.1 Å². The maximum Gasteiger partial charge on any atom is 0.319 e. The van der Waals surface area contributed by atoms with Gasteiger partial charge in [0.25, 0.3) is 0 Å². The van der Waals surface area contributed by atoms with Gasteiger partial charge in [-0.1, -0.05) is 6.07 Å². The third-order valence-electron chi connectivity index (χ3n) is 3.79. The lowest BCUT2D eigenvalue weighted by Crippen LogP contribution is -2.74. The summed E-state index contributed by atoms with van der Waals surface area (Å²) in [5, 5.41) is 3.13. The van der Waals surface area contributed by atoms with Gasteiger partial charge in [0.05, 0.1) is 7.11 Å². The summed E-state index contributed by atoms with van der Waals surface area (Å²) in [7, 11) is 1.29. The molecule has 0 radical (unpaired) electrons. The number of halogens is 2. The van der Waals surface area contributed by atoms with Crippen molar-refractivity contribution < 1.29 is 18.3 Å². The van der Waals surface area contributed by atoms with Gasteiger partial charge in [0.15, 0.2) is 11.6 Å². The van der Waals surface area contributed by atoms with E-state index in [4.69, 9.17) is 4.74 Å². The number of hydrogen-bond donors (Lipinski definition) is 1. The maximum atomic E-state index is 13.3. The molecule has 0 bridgehead atoms. The largest absolute Gasteiger partial charge is 0.468 e. The van der Waals surface area contributed by atoms with Gasteiger partial charge in [-0.15, -0.1) is 0 Å². The second-order valence-corrected chi connectivity index (χ2v) is 4.60. The molecule has 1 aromatic rings. The van der Waals surface area contributed by atoms with Gasteiger partial charge in [0.1, 0.15) is 5.41 Å². The minimum absolute atomic E-state index is 0.190. The monoisotopic (exact) mass is 255 g/mol. The summed E-state index contributed by atoms with van der Waals surface area (Å²) >= 11 is 0. The van der Waals surface area contributed by atoms with E-state index < -0.39 is 23.0 Å². The normalized spacial score (nSPS) is 30.7.